The van der Waals surface area contributed by atoms with Gasteiger partial charge in [-0.05, 0) is 12.1 Å². The number of hydrogen-bond donors (Lipinski definition) is 1. The van der Waals surface area contributed by atoms with Gasteiger partial charge in [0, 0.05) is 19.3 Å². The second-order valence-corrected chi connectivity index (χ2v) is 2.38. The van der Waals surface area contributed by atoms with E-state index in [0.717, 1.165) is 13.1 Å². The summed E-state index contributed by atoms with van der Waals surface area (Å²) in [7, 11) is 0. The fraction of sp³-hybridized carbons (Fsp3) is 0.286. The van der Waals surface area contributed by atoms with Crippen molar-refractivity contribution in [3.05, 3.63) is 24.0 Å². The molecule has 0 aromatic carbocycles. The molecule has 10 heavy (non-hydrogen) atoms. The zero-order chi connectivity index (χ0) is 6.97. The zero-order valence-corrected chi connectivity index (χ0v) is 5.50. The molecular weight excluding hydrogens is 128 g/mol. The van der Waals surface area contributed by atoms with E-state index in [2.05, 4.69) is 4.98 Å². The van der Waals surface area contributed by atoms with Crippen LogP contribution in [0.4, 0.5) is 0 Å². The van der Waals surface area contributed by atoms with Gasteiger partial charge in [0.2, 0.25) is 0 Å². The fourth-order valence-corrected chi connectivity index (χ4v) is 0.887. The number of amides is 1. The summed E-state index contributed by atoms with van der Waals surface area (Å²) in [5, 5.41) is 0. The van der Waals surface area contributed by atoms with E-state index in [4.69, 9.17) is 0 Å². The van der Waals surface area contributed by atoms with Crippen LogP contribution in [0.1, 0.15) is 10.5 Å². The van der Waals surface area contributed by atoms with Crippen molar-refractivity contribution in [2.45, 2.75) is 0 Å². The molecular formula is C7H8N2O. The van der Waals surface area contributed by atoms with E-state index >= 15 is 0 Å². The molecule has 0 aliphatic carbocycles. The van der Waals surface area contributed by atoms with Crippen LogP contribution in [0.3, 0.4) is 0 Å². The van der Waals surface area contributed by atoms with Crippen molar-refractivity contribution >= 4 is 5.91 Å². The molecule has 0 atom stereocenters. The summed E-state index contributed by atoms with van der Waals surface area (Å²) in [6, 6.07) is 3.62. The van der Waals surface area contributed by atoms with Crippen molar-refractivity contribution in [3.8, 4) is 0 Å². The molecule has 1 amide bonds. The van der Waals surface area contributed by atoms with Crippen molar-refractivity contribution in [3.63, 3.8) is 0 Å². The number of aromatic amines is 1. The van der Waals surface area contributed by atoms with E-state index in [9.17, 15) is 4.79 Å². The van der Waals surface area contributed by atoms with Crippen molar-refractivity contribution < 1.29 is 4.79 Å². The van der Waals surface area contributed by atoms with Crippen molar-refractivity contribution in [2.24, 2.45) is 0 Å². The Balaban J connectivity index is 2.19. The maximum absolute atomic E-state index is 11.2. The lowest BCUT2D eigenvalue weighted by atomic mass is 10.4. The van der Waals surface area contributed by atoms with Crippen LogP contribution >= 0.6 is 0 Å². The van der Waals surface area contributed by atoms with Gasteiger partial charge in [0.25, 0.3) is 5.91 Å². The average Bonchev–Trinajstić information content (AvgIpc) is 2.65. The highest BCUT2D eigenvalue weighted by Crippen LogP contribution is 2.09. The van der Waals surface area contributed by atoms with Gasteiger partial charge < -0.3 is 9.88 Å². The first-order chi connectivity index (χ1) is 4.88. The normalized spacial score (nSPS) is 15.4. The Morgan fingerprint density at radius 3 is 2.90 bits per heavy atom. The lowest BCUT2D eigenvalue weighted by molar-refractivity contribution is 0.0881. The fourth-order valence-electron chi connectivity index (χ4n) is 0.887. The average molecular weight is 136 g/mol. The summed E-state index contributed by atoms with van der Waals surface area (Å²) < 4.78 is 0. The summed E-state index contributed by atoms with van der Waals surface area (Å²) >= 11 is 0. The summed E-state index contributed by atoms with van der Waals surface area (Å²) in [5.74, 6) is 0.116. The molecule has 0 spiro atoms. The van der Waals surface area contributed by atoms with Crippen LogP contribution in [0.2, 0.25) is 0 Å². The molecule has 0 unspecified atom stereocenters. The molecule has 0 radical (unpaired) electrons. The minimum Gasteiger partial charge on any atom is -0.357 e. The minimum absolute atomic E-state index is 0.116. The second-order valence-electron chi connectivity index (χ2n) is 2.38. The van der Waals surface area contributed by atoms with Crippen LogP contribution in [0, 0.1) is 0 Å². The molecule has 1 aliphatic rings. The molecule has 1 fully saturated rings. The number of aromatic nitrogens is 1. The van der Waals surface area contributed by atoms with Crippen molar-refractivity contribution in [1.29, 1.82) is 0 Å². The standard InChI is InChI=1S/C7H8N2O/c10-7(9-4-5-9)6-2-1-3-8-6/h1-3,8H,4-5H2. The molecule has 0 saturated carbocycles. The molecule has 2 rings (SSSR count). The first-order valence-corrected chi connectivity index (χ1v) is 3.30. The predicted octanol–water partition coefficient (Wildman–Crippen LogP) is 0.470. The van der Waals surface area contributed by atoms with Crippen LogP contribution < -0.4 is 0 Å². The van der Waals surface area contributed by atoms with Gasteiger partial charge in [-0.25, -0.2) is 0 Å². The van der Waals surface area contributed by atoms with E-state index in [0.29, 0.717) is 5.69 Å². The smallest absolute Gasteiger partial charge is 0.270 e. The molecule has 1 aromatic rings. The SMILES string of the molecule is O=C(c1ccc[nH]1)N1CC1. The largest absolute Gasteiger partial charge is 0.357 e. The molecule has 2 heterocycles. The van der Waals surface area contributed by atoms with Gasteiger partial charge in [-0.1, -0.05) is 0 Å². The number of hydrogen-bond acceptors (Lipinski definition) is 1. The maximum atomic E-state index is 11.2. The summed E-state index contributed by atoms with van der Waals surface area (Å²) in [4.78, 5) is 15.8. The Morgan fingerprint density at radius 2 is 2.40 bits per heavy atom. The van der Waals surface area contributed by atoms with Gasteiger partial charge >= 0.3 is 0 Å². The van der Waals surface area contributed by atoms with Crippen LogP contribution in [0.5, 0.6) is 0 Å². The Labute approximate surface area is 58.7 Å². The third kappa shape index (κ3) is 0.795. The van der Waals surface area contributed by atoms with E-state index in [1.807, 2.05) is 6.07 Å². The molecule has 52 valence electrons. The van der Waals surface area contributed by atoms with Gasteiger partial charge in [-0.3, -0.25) is 4.79 Å². The third-order valence-electron chi connectivity index (χ3n) is 1.56. The Bertz CT molecular complexity index is 236. The monoisotopic (exact) mass is 136 g/mol. The van der Waals surface area contributed by atoms with Gasteiger partial charge in [0.05, 0.1) is 0 Å². The van der Waals surface area contributed by atoms with Crippen LogP contribution in [-0.4, -0.2) is 28.9 Å². The van der Waals surface area contributed by atoms with Crippen LogP contribution in [0.15, 0.2) is 18.3 Å². The number of rotatable bonds is 1. The highest BCUT2D eigenvalue weighted by atomic mass is 16.2. The van der Waals surface area contributed by atoms with Crippen LogP contribution in [-0.2, 0) is 0 Å². The topological polar surface area (TPSA) is 35.9 Å². The quantitative estimate of drug-likeness (QED) is 0.560. The highest BCUT2D eigenvalue weighted by Gasteiger charge is 2.25. The lowest BCUT2D eigenvalue weighted by Gasteiger charge is -1.95. The zero-order valence-electron chi connectivity index (χ0n) is 5.50. The number of carbonyl (C=O) groups is 1. The Kier molecular flexibility index (Phi) is 1.03. The Morgan fingerprint density at radius 1 is 1.60 bits per heavy atom. The maximum Gasteiger partial charge on any atom is 0.270 e. The van der Waals surface area contributed by atoms with Crippen molar-refractivity contribution in [2.75, 3.05) is 13.1 Å². The first-order valence-electron chi connectivity index (χ1n) is 3.30. The number of nitrogens with one attached hydrogen (secondary N) is 1. The Hall–Kier alpha value is -1.25. The van der Waals surface area contributed by atoms with E-state index < -0.39 is 0 Å². The predicted molar refractivity (Wildman–Crippen MR) is 36.7 cm³/mol. The number of nitrogens with zero attached hydrogens (tertiary/aromatic N) is 1. The summed E-state index contributed by atoms with van der Waals surface area (Å²) in [6.07, 6.45) is 1.76. The van der Waals surface area contributed by atoms with Crippen LogP contribution in [0.25, 0.3) is 0 Å². The number of carbonyl (C=O) groups excluding carboxylic acids is 1. The summed E-state index contributed by atoms with van der Waals surface area (Å²) in [5.41, 5.74) is 0.692. The van der Waals surface area contributed by atoms with E-state index in [-0.39, 0.29) is 5.91 Å². The molecule has 0 bridgehead atoms. The summed E-state index contributed by atoms with van der Waals surface area (Å²) in [6.45, 7) is 1.83. The van der Waals surface area contributed by atoms with Gasteiger partial charge in [0.15, 0.2) is 0 Å². The van der Waals surface area contributed by atoms with Crippen molar-refractivity contribution in [1.82, 2.24) is 9.88 Å². The van der Waals surface area contributed by atoms with Gasteiger partial charge in [-0.2, -0.15) is 0 Å². The first kappa shape index (κ1) is 5.53. The highest BCUT2D eigenvalue weighted by molar-refractivity contribution is 5.93. The second kappa shape index (κ2) is 1.87. The minimum atomic E-state index is 0.116. The molecule has 1 saturated heterocycles. The lowest BCUT2D eigenvalue weighted by Crippen LogP contribution is -2.10. The molecule has 1 N–H and O–H groups in total. The molecule has 3 nitrogen and oxygen atoms in total. The molecule has 3 heteroatoms. The molecule has 1 aromatic heterocycles. The van der Waals surface area contributed by atoms with E-state index in [1.54, 1.807) is 17.2 Å². The van der Waals surface area contributed by atoms with Gasteiger partial charge in [-0.15, -0.1) is 0 Å². The number of H-pyrrole nitrogens is 1. The van der Waals surface area contributed by atoms with E-state index in [1.165, 1.54) is 0 Å². The molecule has 1 aliphatic heterocycles. The third-order valence-corrected chi connectivity index (χ3v) is 1.56. The van der Waals surface area contributed by atoms with Gasteiger partial charge in [0.1, 0.15) is 5.69 Å².